The van der Waals surface area contributed by atoms with Gasteiger partial charge < -0.3 is 10.1 Å². The van der Waals surface area contributed by atoms with Gasteiger partial charge in [0.1, 0.15) is 0 Å². The lowest BCUT2D eigenvalue weighted by Crippen LogP contribution is -2.21. The first kappa shape index (κ1) is 13.2. The summed E-state index contributed by atoms with van der Waals surface area (Å²) in [5.41, 5.74) is 1.30. The van der Waals surface area contributed by atoms with Gasteiger partial charge >= 0.3 is 0 Å². The Kier molecular flexibility index (Phi) is 5.82. The summed E-state index contributed by atoms with van der Waals surface area (Å²) in [4.78, 5) is 1.33. The molecule has 0 bridgehead atoms. The molecule has 1 atom stereocenters. The van der Waals surface area contributed by atoms with Crippen LogP contribution in [0.2, 0.25) is 0 Å². The van der Waals surface area contributed by atoms with Gasteiger partial charge in [-0.25, -0.2) is 0 Å². The molecule has 1 heterocycles. The molecule has 0 aliphatic rings. The van der Waals surface area contributed by atoms with Crippen molar-refractivity contribution in [2.75, 3.05) is 20.3 Å². The first-order valence-corrected chi connectivity index (χ1v) is 6.80. The van der Waals surface area contributed by atoms with Gasteiger partial charge in [0.25, 0.3) is 0 Å². The van der Waals surface area contributed by atoms with Crippen molar-refractivity contribution < 1.29 is 4.74 Å². The summed E-state index contributed by atoms with van der Waals surface area (Å²) in [5, 5.41) is 3.28. The van der Waals surface area contributed by atoms with Gasteiger partial charge in [-0.2, -0.15) is 0 Å². The molecular formula is C11H18BrNOS. The largest absolute Gasteiger partial charge is 0.379 e. The van der Waals surface area contributed by atoms with E-state index in [0.717, 1.165) is 19.6 Å². The molecule has 0 aliphatic carbocycles. The van der Waals surface area contributed by atoms with E-state index in [4.69, 9.17) is 4.74 Å². The van der Waals surface area contributed by atoms with Crippen molar-refractivity contribution in [3.05, 3.63) is 20.3 Å². The van der Waals surface area contributed by atoms with E-state index >= 15 is 0 Å². The van der Waals surface area contributed by atoms with Crippen LogP contribution in [0.4, 0.5) is 0 Å². The third-order valence-electron chi connectivity index (χ3n) is 2.20. The van der Waals surface area contributed by atoms with Gasteiger partial charge in [0.2, 0.25) is 0 Å². The van der Waals surface area contributed by atoms with Crippen molar-refractivity contribution in [2.45, 2.75) is 26.3 Å². The maximum Gasteiger partial charge on any atom is 0.0731 e. The minimum absolute atomic E-state index is 0.312. The van der Waals surface area contributed by atoms with Crippen molar-refractivity contribution in [3.63, 3.8) is 0 Å². The predicted octanol–water partition coefficient (Wildman–Crippen LogP) is 3.51. The number of ether oxygens (including phenoxy) is 1. The number of hydrogen-bond donors (Lipinski definition) is 1. The van der Waals surface area contributed by atoms with Gasteiger partial charge in [0.05, 0.1) is 16.4 Å². The Hall–Kier alpha value is 0.1000. The average Bonchev–Trinajstić information content (AvgIpc) is 2.54. The highest BCUT2D eigenvalue weighted by Gasteiger charge is 2.13. The van der Waals surface area contributed by atoms with Crippen molar-refractivity contribution >= 4 is 27.3 Å². The lowest BCUT2D eigenvalue weighted by Gasteiger charge is -2.14. The molecule has 0 spiro atoms. The average molecular weight is 292 g/mol. The maximum atomic E-state index is 5.57. The van der Waals surface area contributed by atoms with Crippen molar-refractivity contribution in [3.8, 4) is 0 Å². The van der Waals surface area contributed by atoms with E-state index in [1.54, 1.807) is 11.3 Å². The van der Waals surface area contributed by atoms with E-state index in [2.05, 4.69) is 41.2 Å². The van der Waals surface area contributed by atoms with Crippen LogP contribution < -0.4 is 5.32 Å². The molecule has 4 heteroatoms. The summed E-state index contributed by atoms with van der Waals surface area (Å²) in [6, 6.07) is 2.53. The summed E-state index contributed by atoms with van der Waals surface area (Å²) >= 11 is 5.32. The van der Waals surface area contributed by atoms with Crippen molar-refractivity contribution in [1.29, 1.82) is 0 Å². The Morgan fingerprint density at radius 2 is 2.33 bits per heavy atom. The normalized spacial score (nSPS) is 13.1. The van der Waals surface area contributed by atoms with Crippen molar-refractivity contribution in [2.24, 2.45) is 0 Å². The number of hydrogen-bond acceptors (Lipinski definition) is 3. The van der Waals surface area contributed by atoms with Crippen LogP contribution in [0.5, 0.6) is 0 Å². The molecular weight excluding hydrogens is 274 g/mol. The number of halogens is 1. The quantitative estimate of drug-likeness (QED) is 0.810. The molecule has 1 N–H and O–H groups in total. The van der Waals surface area contributed by atoms with Crippen LogP contribution in [0.15, 0.2) is 9.85 Å². The third-order valence-corrected chi connectivity index (χ3v) is 4.45. The Bertz CT molecular complexity index is 281. The van der Waals surface area contributed by atoms with Crippen LogP contribution in [-0.4, -0.2) is 20.3 Å². The summed E-state index contributed by atoms with van der Waals surface area (Å²) in [6.45, 7) is 5.82. The summed E-state index contributed by atoms with van der Waals surface area (Å²) < 4.78 is 6.78. The molecule has 0 aromatic carbocycles. The second kappa shape index (κ2) is 6.63. The smallest absolute Gasteiger partial charge is 0.0731 e. The van der Waals surface area contributed by atoms with Crippen LogP contribution in [0, 0.1) is 6.92 Å². The predicted molar refractivity (Wildman–Crippen MR) is 69.7 cm³/mol. The third kappa shape index (κ3) is 3.87. The second-order valence-electron chi connectivity index (χ2n) is 3.52. The fourth-order valence-electron chi connectivity index (χ4n) is 1.31. The summed E-state index contributed by atoms with van der Waals surface area (Å²) in [6.07, 6.45) is 1.07. The van der Waals surface area contributed by atoms with Crippen LogP contribution in [-0.2, 0) is 4.74 Å². The Morgan fingerprint density at radius 3 is 2.80 bits per heavy atom. The standard InChI is InChI=1S/C11H18BrNOS/c1-4-5-14-7-9(13-3)10-6-8(2)11(12)15-10/h6,9,13H,4-5,7H2,1-3H3. The molecule has 0 radical (unpaired) electrons. The Morgan fingerprint density at radius 1 is 1.60 bits per heavy atom. The lowest BCUT2D eigenvalue weighted by atomic mass is 10.2. The molecule has 1 aromatic heterocycles. The first-order chi connectivity index (χ1) is 7.19. The zero-order chi connectivity index (χ0) is 11.3. The summed E-state index contributed by atoms with van der Waals surface area (Å²) in [5.74, 6) is 0. The minimum atomic E-state index is 0.312. The summed E-state index contributed by atoms with van der Waals surface area (Å²) in [7, 11) is 1.98. The fourth-order valence-corrected chi connectivity index (χ4v) is 2.97. The topological polar surface area (TPSA) is 21.3 Å². The van der Waals surface area contributed by atoms with Crippen LogP contribution in [0.25, 0.3) is 0 Å². The molecule has 0 fully saturated rings. The van der Waals surface area contributed by atoms with Gasteiger partial charge in [-0.15, -0.1) is 11.3 Å². The molecule has 0 amide bonds. The highest BCUT2D eigenvalue weighted by molar-refractivity contribution is 9.11. The monoisotopic (exact) mass is 291 g/mol. The van der Waals surface area contributed by atoms with Gasteiger partial charge in [0, 0.05) is 11.5 Å². The van der Waals surface area contributed by atoms with Crippen molar-refractivity contribution in [1.82, 2.24) is 5.32 Å². The molecule has 1 rings (SSSR count). The van der Waals surface area contributed by atoms with Crippen LogP contribution >= 0.6 is 27.3 Å². The van der Waals surface area contributed by atoms with E-state index in [-0.39, 0.29) is 0 Å². The van der Waals surface area contributed by atoms with E-state index in [0.29, 0.717) is 6.04 Å². The Labute approximate surface area is 104 Å². The molecule has 15 heavy (non-hydrogen) atoms. The van der Waals surface area contributed by atoms with Gasteiger partial charge in [-0.3, -0.25) is 0 Å². The molecule has 2 nitrogen and oxygen atoms in total. The fraction of sp³-hybridized carbons (Fsp3) is 0.636. The molecule has 1 unspecified atom stereocenters. The van der Waals surface area contributed by atoms with Gasteiger partial charge in [-0.1, -0.05) is 6.92 Å². The second-order valence-corrected chi connectivity index (χ2v) is 5.92. The number of rotatable bonds is 6. The van der Waals surface area contributed by atoms with Crippen LogP contribution in [0.3, 0.4) is 0 Å². The highest BCUT2D eigenvalue weighted by Crippen LogP contribution is 2.31. The minimum Gasteiger partial charge on any atom is -0.379 e. The molecule has 0 aliphatic heterocycles. The maximum absolute atomic E-state index is 5.57. The number of thiophene rings is 1. The van der Waals surface area contributed by atoms with E-state index in [9.17, 15) is 0 Å². The number of nitrogens with one attached hydrogen (secondary N) is 1. The molecule has 86 valence electrons. The first-order valence-electron chi connectivity index (χ1n) is 5.19. The van der Waals surface area contributed by atoms with Crippen LogP contribution in [0.1, 0.15) is 29.8 Å². The number of aryl methyl sites for hydroxylation is 1. The van der Waals surface area contributed by atoms with E-state index in [1.807, 2.05) is 7.05 Å². The lowest BCUT2D eigenvalue weighted by molar-refractivity contribution is 0.115. The van der Waals surface area contributed by atoms with E-state index in [1.165, 1.54) is 14.2 Å². The zero-order valence-electron chi connectivity index (χ0n) is 9.47. The Balaban J connectivity index is 2.57. The number of likely N-dealkylation sites (N-methyl/N-ethyl adjacent to an activating group) is 1. The van der Waals surface area contributed by atoms with E-state index < -0.39 is 0 Å². The SMILES string of the molecule is CCCOCC(NC)c1cc(C)c(Br)s1. The highest BCUT2D eigenvalue weighted by atomic mass is 79.9. The van der Waals surface area contributed by atoms with Gasteiger partial charge in [0.15, 0.2) is 0 Å². The van der Waals surface area contributed by atoms with Gasteiger partial charge in [-0.05, 0) is 48.0 Å². The molecule has 0 saturated heterocycles. The zero-order valence-corrected chi connectivity index (χ0v) is 11.9. The molecule has 1 aromatic rings. The molecule has 0 saturated carbocycles.